The largest absolute Gasteiger partial charge is 0.308 e. The van der Waals surface area contributed by atoms with E-state index in [0.29, 0.717) is 17.1 Å². The lowest BCUT2D eigenvalue weighted by molar-refractivity contribution is 0.339. The molecule has 4 heteroatoms. The summed E-state index contributed by atoms with van der Waals surface area (Å²) in [5, 5.41) is 3.84. The van der Waals surface area contributed by atoms with E-state index in [1.807, 2.05) is 32.3 Å². The molecule has 1 N–H and O–H groups in total. The highest BCUT2D eigenvalue weighted by molar-refractivity contribution is 6.30. The van der Waals surface area contributed by atoms with Crippen LogP contribution in [0.4, 0.5) is 4.39 Å². The monoisotopic (exact) mass is 306 g/mol. The van der Waals surface area contributed by atoms with E-state index in [2.05, 4.69) is 22.3 Å². The molecule has 0 radical (unpaired) electrons. The van der Waals surface area contributed by atoms with Crippen LogP contribution >= 0.6 is 11.6 Å². The molecule has 2 aromatic carbocycles. The van der Waals surface area contributed by atoms with Crippen LogP contribution in [0.1, 0.15) is 17.2 Å². The van der Waals surface area contributed by atoms with Crippen molar-refractivity contribution in [3.63, 3.8) is 0 Å². The summed E-state index contributed by atoms with van der Waals surface area (Å²) in [7, 11) is 4.06. The van der Waals surface area contributed by atoms with Crippen molar-refractivity contribution in [2.45, 2.75) is 12.6 Å². The molecule has 112 valence electrons. The maximum atomic E-state index is 13.8. The Hall–Kier alpha value is -1.42. The van der Waals surface area contributed by atoms with Gasteiger partial charge in [-0.1, -0.05) is 48.0 Å². The van der Waals surface area contributed by atoms with Crippen molar-refractivity contribution in [3.8, 4) is 0 Å². The number of hydrogen-bond donors (Lipinski definition) is 1. The Morgan fingerprint density at radius 3 is 2.48 bits per heavy atom. The molecule has 0 saturated heterocycles. The van der Waals surface area contributed by atoms with Crippen molar-refractivity contribution >= 4 is 11.6 Å². The molecule has 0 aliphatic carbocycles. The van der Waals surface area contributed by atoms with Gasteiger partial charge in [0.05, 0.1) is 0 Å². The summed E-state index contributed by atoms with van der Waals surface area (Å²) in [5.41, 5.74) is 1.82. The lowest BCUT2D eigenvalue weighted by atomic mass is 10.1. The number of nitrogens with one attached hydrogen (secondary N) is 1. The maximum absolute atomic E-state index is 13.8. The van der Waals surface area contributed by atoms with Gasteiger partial charge in [0.1, 0.15) is 5.82 Å². The third-order valence-electron chi connectivity index (χ3n) is 3.30. The summed E-state index contributed by atoms with van der Waals surface area (Å²) >= 11 is 5.78. The van der Waals surface area contributed by atoms with Crippen molar-refractivity contribution in [1.82, 2.24) is 10.2 Å². The van der Waals surface area contributed by atoms with Gasteiger partial charge in [-0.05, 0) is 31.8 Å². The number of halogens is 2. The van der Waals surface area contributed by atoms with E-state index in [1.54, 1.807) is 12.1 Å². The van der Waals surface area contributed by atoms with Crippen molar-refractivity contribution in [2.24, 2.45) is 0 Å². The molecule has 0 spiro atoms. The van der Waals surface area contributed by atoms with Gasteiger partial charge < -0.3 is 10.2 Å². The Kier molecular flexibility index (Phi) is 5.74. The Balaban J connectivity index is 2.09. The molecular formula is C17H20ClFN2. The molecule has 0 saturated carbocycles. The average molecular weight is 307 g/mol. The minimum atomic E-state index is -0.272. The summed E-state index contributed by atoms with van der Waals surface area (Å²) in [6.45, 7) is 1.32. The highest BCUT2D eigenvalue weighted by Crippen LogP contribution is 2.17. The van der Waals surface area contributed by atoms with Gasteiger partial charge in [-0.2, -0.15) is 0 Å². The molecule has 0 aliphatic rings. The second-order valence-corrected chi connectivity index (χ2v) is 5.78. The second-order valence-electron chi connectivity index (χ2n) is 5.34. The Bertz CT molecular complexity index is 572. The lowest BCUT2D eigenvalue weighted by Crippen LogP contribution is -2.31. The first kappa shape index (κ1) is 16.0. The second kappa shape index (κ2) is 7.55. The van der Waals surface area contributed by atoms with Gasteiger partial charge >= 0.3 is 0 Å². The third-order valence-corrected chi connectivity index (χ3v) is 3.54. The fraction of sp³-hybridized carbons (Fsp3) is 0.294. The molecule has 0 aromatic heterocycles. The predicted molar refractivity (Wildman–Crippen MR) is 86.0 cm³/mol. The molecular weight excluding hydrogens is 287 g/mol. The van der Waals surface area contributed by atoms with Gasteiger partial charge in [0, 0.05) is 29.7 Å². The van der Waals surface area contributed by atoms with Crippen LogP contribution in [0.25, 0.3) is 0 Å². The van der Waals surface area contributed by atoms with Gasteiger partial charge in [-0.25, -0.2) is 4.39 Å². The summed E-state index contributed by atoms with van der Waals surface area (Å²) in [4.78, 5) is 2.11. The first-order valence-electron chi connectivity index (χ1n) is 6.93. The maximum Gasteiger partial charge on any atom is 0.129 e. The molecule has 0 aliphatic heterocycles. The van der Waals surface area contributed by atoms with Crippen LogP contribution in [0.2, 0.25) is 5.02 Å². The van der Waals surface area contributed by atoms with E-state index >= 15 is 0 Å². The summed E-state index contributed by atoms with van der Waals surface area (Å²) < 4.78 is 13.8. The third kappa shape index (κ3) is 4.81. The molecule has 2 nitrogen and oxygen atoms in total. The molecule has 2 rings (SSSR count). The van der Waals surface area contributed by atoms with E-state index in [4.69, 9.17) is 11.6 Å². The first-order chi connectivity index (χ1) is 10.1. The molecule has 0 heterocycles. The van der Waals surface area contributed by atoms with Crippen LogP contribution in [0.15, 0.2) is 48.5 Å². The van der Waals surface area contributed by atoms with E-state index in [-0.39, 0.29) is 11.9 Å². The fourth-order valence-electron chi connectivity index (χ4n) is 2.24. The van der Waals surface area contributed by atoms with E-state index in [0.717, 1.165) is 6.54 Å². The molecule has 0 fully saturated rings. The summed E-state index contributed by atoms with van der Waals surface area (Å²) in [6.07, 6.45) is 0. The van der Waals surface area contributed by atoms with E-state index in [1.165, 1.54) is 11.6 Å². The van der Waals surface area contributed by atoms with E-state index in [9.17, 15) is 4.39 Å². The number of rotatable bonds is 6. The fourth-order valence-corrected chi connectivity index (χ4v) is 2.40. The normalized spacial score (nSPS) is 12.6. The van der Waals surface area contributed by atoms with Crippen molar-refractivity contribution in [1.29, 1.82) is 0 Å². The molecule has 1 unspecified atom stereocenters. The predicted octanol–water partition coefficient (Wildman–Crippen LogP) is 3.87. The minimum absolute atomic E-state index is 0.149. The van der Waals surface area contributed by atoms with Crippen LogP contribution in [0.5, 0.6) is 0 Å². The van der Waals surface area contributed by atoms with Crippen molar-refractivity contribution < 1.29 is 4.39 Å². The van der Waals surface area contributed by atoms with Crippen molar-refractivity contribution in [3.05, 3.63) is 70.5 Å². The highest BCUT2D eigenvalue weighted by atomic mass is 35.5. The molecule has 0 amide bonds. The van der Waals surface area contributed by atoms with Gasteiger partial charge in [-0.15, -0.1) is 0 Å². The molecule has 1 atom stereocenters. The smallest absolute Gasteiger partial charge is 0.129 e. The molecule has 2 aromatic rings. The number of hydrogen-bond acceptors (Lipinski definition) is 2. The zero-order valence-electron chi connectivity index (χ0n) is 12.3. The zero-order chi connectivity index (χ0) is 15.2. The van der Waals surface area contributed by atoms with Crippen LogP contribution in [0.3, 0.4) is 0 Å². The zero-order valence-corrected chi connectivity index (χ0v) is 13.1. The van der Waals surface area contributed by atoms with Gasteiger partial charge in [0.25, 0.3) is 0 Å². The standard InChI is InChI=1S/C17H20ClFN2/c1-21(2)12-17(13-6-4-3-5-7-13)20-11-14-8-9-15(18)10-16(14)19/h3-10,17,20H,11-12H2,1-2H3. The highest BCUT2D eigenvalue weighted by Gasteiger charge is 2.13. The SMILES string of the molecule is CN(C)CC(NCc1ccc(Cl)cc1F)c1ccccc1. The van der Waals surface area contributed by atoms with Gasteiger partial charge in [0.15, 0.2) is 0 Å². The van der Waals surface area contributed by atoms with Crippen molar-refractivity contribution in [2.75, 3.05) is 20.6 Å². The Morgan fingerprint density at radius 2 is 1.86 bits per heavy atom. The Morgan fingerprint density at radius 1 is 1.14 bits per heavy atom. The van der Waals surface area contributed by atoms with Gasteiger partial charge in [-0.3, -0.25) is 0 Å². The average Bonchev–Trinajstić information content (AvgIpc) is 2.45. The lowest BCUT2D eigenvalue weighted by Gasteiger charge is -2.23. The minimum Gasteiger partial charge on any atom is -0.308 e. The molecule has 0 bridgehead atoms. The van der Waals surface area contributed by atoms with Gasteiger partial charge in [0.2, 0.25) is 0 Å². The number of likely N-dealkylation sites (N-methyl/N-ethyl adjacent to an activating group) is 1. The van der Waals surface area contributed by atoms with Crippen LogP contribution in [-0.2, 0) is 6.54 Å². The van der Waals surface area contributed by atoms with Crippen LogP contribution < -0.4 is 5.32 Å². The molecule has 21 heavy (non-hydrogen) atoms. The van der Waals surface area contributed by atoms with Crippen LogP contribution in [-0.4, -0.2) is 25.5 Å². The Labute approximate surface area is 130 Å². The number of benzene rings is 2. The summed E-state index contributed by atoms with van der Waals surface area (Å²) in [6, 6.07) is 15.1. The van der Waals surface area contributed by atoms with E-state index < -0.39 is 0 Å². The summed E-state index contributed by atoms with van der Waals surface area (Å²) in [5.74, 6) is -0.272. The topological polar surface area (TPSA) is 15.3 Å². The number of nitrogens with zero attached hydrogens (tertiary/aromatic N) is 1. The quantitative estimate of drug-likeness (QED) is 0.871. The first-order valence-corrected chi connectivity index (χ1v) is 7.31. The van der Waals surface area contributed by atoms with Crippen LogP contribution in [0, 0.1) is 5.82 Å².